The van der Waals surface area contributed by atoms with Crippen molar-refractivity contribution in [1.82, 2.24) is 4.90 Å². The molecule has 0 aromatic carbocycles. The van der Waals surface area contributed by atoms with Crippen molar-refractivity contribution < 1.29 is 9.53 Å². The van der Waals surface area contributed by atoms with Gasteiger partial charge < -0.3 is 9.64 Å². The van der Waals surface area contributed by atoms with Gasteiger partial charge in [-0.2, -0.15) is 11.8 Å². The Balaban J connectivity index is 1.60. The largest absolute Gasteiger partial charge is 0.376 e. The Morgan fingerprint density at radius 2 is 2.30 bits per heavy atom. The Morgan fingerprint density at radius 3 is 2.95 bits per heavy atom. The molecule has 0 spiro atoms. The van der Waals surface area contributed by atoms with Crippen molar-refractivity contribution in [2.24, 2.45) is 5.92 Å². The van der Waals surface area contributed by atoms with Gasteiger partial charge in [0.1, 0.15) is 0 Å². The molecule has 1 amide bonds. The molecule has 0 unspecified atom stereocenters. The highest BCUT2D eigenvalue weighted by Crippen LogP contribution is 2.27. The summed E-state index contributed by atoms with van der Waals surface area (Å²) in [6.07, 6.45) is 11.1. The van der Waals surface area contributed by atoms with E-state index in [-0.39, 0.29) is 6.10 Å². The van der Waals surface area contributed by atoms with E-state index in [0.717, 1.165) is 51.0 Å². The Hall–Kier alpha value is -0.480. The number of carbonyl (C=O) groups is 1. The number of allylic oxidation sites excluding steroid dienone is 2. The molecule has 112 valence electrons. The second-order valence-electron chi connectivity index (χ2n) is 6.17. The van der Waals surface area contributed by atoms with Gasteiger partial charge >= 0.3 is 0 Å². The highest BCUT2D eigenvalue weighted by atomic mass is 32.2. The maximum Gasteiger partial charge on any atom is 0.223 e. The second-order valence-corrected chi connectivity index (χ2v) is 7.32. The molecule has 3 rings (SSSR count). The van der Waals surface area contributed by atoms with E-state index in [1.807, 2.05) is 11.8 Å². The number of thioether (sulfide) groups is 1. The van der Waals surface area contributed by atoms with Crippen LogP contribution in [-0.4, -0.2) is 47.6 Å². The van der Waals surface area contributed by atoms with Crippen LogP contribution in [0.15, 0.2) is 12.2 Å². The first-order chi connectivity index (χ1) is 9.83. The van der Waals surface area contributed by atoms with Crippen molar-refractivity contribution in [1.29, 1.82) is 0 Å². The molecule has 0 bridgehead atoms. The third-order valence-electron chi connectivity index (χ3n) is 4.64. The summed E-state index contributed by atoms with van der Waals surface area (Å²) >= 11 is 1.98. The van der Waals surface area contributed by atoms with Gasteiger partial charge in [0, 0.05) is 31.4 Å². The summed E-state index contributed by atoms with van der Waals surface area (Å²) in [7, 11) is 0. The van der Waals surface area contributed by atoms with E-state index < -0.39 is 0 Å². The summed E-state index contributed by atoms with van der Waals surface area (Å²) in [5.74, 6) is 3.13. The summed E-state index contributed by atoms with van der Waals surface area (Å²) in [6.45, 7) is 1.69. The van der Waals surface area contributed by atoms with Crippen LogP contribution < -0.4 is 0 Å². The zero-order chi connectivity index (χ0) is 13.8. The number of ether oxygens (including phenoxy) is 1. The van der Waals surface area contributed by atoms with Crippen LogP contribution in [0, 0.1) is 5.92 Å². The van der Waals surface area contributed by atoms with Crippen LogP contribution in [0.4, 0.5) is 0 Å². The minimum absolute atomic E-state index is 0.281. The fourth-order valence-corrected chi connectivity index (χ4v) is 4.66. The van der Waals surface area contributed by atoms with Crippen LogP contribution in [0.1, 0.15) is 38.5 Å². The molecular formula is C16H25NO2S. The summed E-state index contributed by atoms with van der Waals surface area (Å²) in [5, 5.41) is 0. The minimum atomic E-state index is 0.281. The van der Waals surface area contributed by atoms with Crippen molar-refractivity contribution in [2.45, 2.75) is 50.7 Å². The number of carbonyl (C=O) groups excluding carboxylic acids is 1. The SMILES string of the molecule is O=C(C[C@@H]1C=CCC1)N(C[C@H]1CCCO1)[C@@H]1CCSC1. The Labute approximate surface area is 126 Å². The summed E-state index contributed by atoms with van der Waals surface area (Å²) in [4.78, 5) is 14.9. The van der Waals surface area contributed by atoms with Crippen molar-refractivity contribution in [3.05, 3.63) is 12.2 Å². The van der Waals surface area contributed by atoms with Crippen LogP contribution in [0.25, 0.3) is 0 Å². The number of hydrogen-bond donors (Lipinski definition) is 0. The van der Waals surface area contributed by atoms with E-state index in [1.54, 1.807) is 0 Å². The van der Waals surface area contributed by atoms with Gasteiger partial charge in [-0.25, -0.2) is 0 Å². The molecule has 3 atom stereocenters. The van der Waals surface area contributed by atoms with Gasteiger partial charge in [-0.15, -0.1) is 0 Å². The molecule has 1 aliphatic carbocycles. The van der Waals surface area contributed by atoms with Gasteiger partial charge in [0.15, 0.2) is 0 Å². The highest BCUT2D eigenvalue weighted by Gasteiger charge is 2.31. The average Bonchev–Trinajstić information content (AvgIpc) is 3.19. The Morgan fingerprint density at radius 1 is 1.35 bits per heavy atom. The van der Waals surface area contributed by atoms with Gasteiger partial charge in [0.25, 0.3) is 0 Å². The van der Waals surface area contributed by atoms with Crippen LogP contribution in [0.5, 0.6) is 0 Å². The lowest BCUT2D eigenvalue weighted by atomic mass is 10.0. The molecule has 0 saturated carbocycles. The van der Waals surface area contributed by atoms with Crippen LogP contribution >= 0.6 is 11.8 Å². The average molecular weight is 295 g/mol. The first-order valence-electron chi connectivity index (χ1n) is 7.98. The van der Waals surface area contributed by atoms with E-state index in [4.69, 9.17) is 4.74 Å². The van der Waals surface area contributed by atoms with Gasteiger partial charge in [-0.3, -0.25) is 4.79 Å². The number of rotatable bonds is 5. The molecule has 0 aromatic rings. The second kappa shape index (κ2) is 6.99. The summed E-state index contributed by atoms with van der Waals surface area (Å²) < 4.78 is 5.75. The van der Waals surface area contributed by atoms with E-state index >= 15 is 0 Å². The molecule has 2 fully saturated rings. The first-order valence-corrected chi connectivity index (χ1v) is 9.14. The molecule has 0 aromatic heterocycles. The topological polar surface area (TPSA) is 29.5 Å². The monoisotopic (exact) mass is 295 g/mol. The first kappa shape index (κ1) is 14.5. The third kappa shape index (κ3) is 3.59. The summed E-state index contributed by atoms with van der Waals surface area (Å²) in [6, 6.07) is 0.446. The van der Waals surface area contributed by atoms with Gasteiger partial charge in [-0.05, 0) is 43.8 Å². The van der Waals surface area contributed by atoms with Crippen molar-refractivity contribution in [3.63, 3.8) is 0 Å². The molecule has 2 saturated heterocycles. The lowest BCUT2D eigenvalue weighted by Gasteiger charge is -2.31. The fraction of sp³-hybridized carbons (Fsp3) is 0.812. The zero-order valence-corrected chi connectivity index (χ0v) is 12.9. The molecule has 20 heavy (non-hydrogen) atoms. The van der Waals surface area contributed by atoms with E-state index in [0.29, 0.717) is 24.3 Å². The molecule has 4 heteroatoms. The normalized spacial score (nSPS) is 32.9. The van der Waals surface area contributed by atoms with E-state index in [2.05, 4.69) is 17.1 Å². The Kier molecular flexibility index (Phi) is 5.05. The highest BCUT2D eigenvalue weighted by molar-refractivity contribution is 7.99. The van der Waals surface area contributed by atoms with Crippen LogP contribution in [-0.2, 0) is 9.53 Å². The molecule has 0 N–H and O–H groups in total. The maximum atomic E-state index is 12.7. The molecular weight excluding hydrogens is 270 g/mol. The smallest absolute Gasteiger partial charge is 0.223 e. The Bertz CT molecular complexity index is 359. The molecule has 2 aliphatic heterocycles. The summed E-state index contributed by atoms with van der Waals surface area (Å²) in [5.41, 5.74) is 0. The number of hydrogen-bond acceptors (Lipinski definition) is 3. The van der Waals surface area contributed by atoms with Gasteiger partial charge in [-0.1, -0.05) is 12.2 Å². The van der Waals surface area contributed by atoms with Gasteiger partial charge in [0.05, 0.1) is 6.10 Å². The van der Waals surface area contributed by atoms with Crippen molar-refractivity contribution in [2.75, 3.05) is 24.7 Å². The quantitative estimate of drug-likeness (QED) is 0.731. The number of nitrogens with zero attached hydrogens (tertiary/aromatic N) is 1. The zero-order valence-electron chi connectivity index (χ0n) is 12.1. The standard InChI is InChI=1S/C16H25NO2S/c18-16(10-13-4-1-2-5-13)17(14-7-9-20-12-14)11-15-6-3-8-19-15/h1,4,13-15H,2-3,5-12H2/t13-,14-,15-/m1/s1. The van der Waals surface area contributed by atoms with Crippen molar-refractivity contribution in [3.8, 4) is 0 Å². The lowest BCUT2D eigenvalue weighted by molar-refractivity contribution is -0.135. The molecule has 3 aliphatic rings. The van der Waals surface area contributed by atoms with Crippen LogP contribution in [0.2, 0.25) is 0 Å². The van der Waals surface area contributed by atoms with E-state index in [1.165, 1.54) is 5.75 Å². The predicted molar refractivity (Wildman–Crippen MR) is 82.9 cm³/mol. The minimum Gasteiger partial charge on any atom is -0.376 e. The molecule has 0 radical (unpaired) electrons. The predicted octanol–water partition coefficient (Wildman–Crippen LogP) is 2.86. The van der Waals surface area contributed by atoms with Gasteiger partial charge in [0.2, 0.25) is 5.91 Å². The lowest BCUT2D eigenvalue weighted by Crippen LogP contribution is -2.45. The molecule has 2 heterocycles. The van der Waals surface area contributed by atoms with E-state index in [9.17, 15) is 4.79 Å². The van der Waals surface area contributed by atoms with Crippen molar-refractivity contribution >= 4 is 17.7 Å². The number of amides is 1. The molecule has 3 nitrogen and oxygen atoms in total. The fourth-order valence-electron chi connectivity index (χ4n) is 3.44. The van der Waals surface area contributed by atoms with Crippen LogP contribution in [0.3, 0.4) is 0 Å². The maximum absolute atomic E-state index is 12.7. The third-order valence-corrected chi connectivity index (χ3v) is 5.79.